The third-order valence-electron chi connectivity index (χ3n) is 4.31. The second-order valence-corrected chi connectivity index (χ2v) is 6.01. The number of nitrogens with one attached hydrogen (secondary N) is 1. The third kappa shape index (κ3) is 4.90. The summed E-state index contributed by atoms with van der Waals surface area (Å²) in [4.78, 5) is 16.6. The van der Waals surface area contributed by atoms with Crippen molar-refractivity contribution in [3.05, 3.63) is 58.8 Å². The average molecular weight is 342 g/mol. The summed E-state index contributed by atoms with van der Waals surface area (Å²) in [5.41, 5.74) is 0.0266. The first-order valence-corrected chi connectivity index (χ1v) is 8.49. The van der Waals surface area contributed by atoms with E-state index in [1.165, 1.54) is 12.3 Å². The van der Waals surface area contributed by atoms with Crippen LogP contribution in [0.2, 0.25) is 0 Å². The molecule has 7 nitrogen and oxygen atoms in total. The van der Waals surface area contributed by atoms with Crippen molar-refractivity contribution in [2.75, 3.05) is 31.1 Å². The van der Waals surface area contributed by atoms with Gasteiger partial charge in [0.05, 0.1) is 4.92 Å². The van der Waals surface area contributed by atoms with E-state index in [1.54, 1.807) is 6.07 Å². The number of benzene rings is 1. The highest BCUT2D eigenvalue weighted by Gasteiger charge is 2.20. The normalized spacial score (nSPS) is 15.1. The van der Waals surface area contributed by atoms with Gasteiger partial charge in [0.25, 0.3) is 5.69 Å². The van der Waals surface area contributed by atoms with Crippen molar-refractivity contribution in [2.24, 2.45) is 0 Å². The smallest absolute Gasteiger partial charge is 0.287 e. The van der Waals surface area contributed by atoms with Crippen molar-refractivity contribution in [3.63, 3.8) is 0 Å². The fourth-order valence-electron chi connectivity index (χ4n) is 2.93. The molecule has 7 heteroatoms. The van der Waals surface area contributed by atoms with Crippen LogP contribution >= 0.6 is 0 Å². The van der Waals surface area contributed by atoms with Crippen LogP contribution in [0.1, 0.15) is 12.8 Å². The van der Waals surface area contributed by atoms with Crippen LogP contribution in [0.3, 0.4) is 0 Å². The Hall–Kier alpha value is -2.67. The summed E-state index contributed by atoms with van der Waals surface area (Å²) in [6, 6.07) is 13.5. The minimum Gasteiger partial charge on any atom is -0.492 e. The Bertz CT molecular complexity index is 670. The largest absolute Gasteiger partial charge is 0.492 e. The highest BCUT2D eigenvalue weighted by molar-refractivity contribution is 5.43. The van der Waals surface area contributed by atoms with Crippen LogP contribution in [0.5, 0.6) is 5.75 Å². The lowest BCUT2D eigenvalue weighted by atomic mass is 10.1. The molecule has 0 spiro atoms. The molecular weight excluding hydrogens is 320 g/mol. The maximum Gasteiger partial charge on any atom is 0.287 e. The fraction of sp³-hybridized carbons (Fsp3) is 0.389. The fourth-order valence-corrected chi connectivity index (χ4v) is 2.93. The molecule has 132 valence electrons. The van der Waals surface area contributed by atoms with Crippen molar-refractivity contribution in [3.8, 4) is 5.75 Å². The predicted octanol–water partition coefficient (Wildman–Crippen LogP) is 2.63. The van der Waals surface area contributed by atoms with Gasteiger partial charge >= 0.3 is 0 Å². The monoisotopic (exact) mass is 342 g/mol. The topological polar surface area (TPSA) is 80.5 Å². The van der Waals surface area contributed by atoms with Crippen LogP contribution < -0.4 is 15.0 Å². The van der Waals surface area contributed by atoms with Gasteiger partial charge in [0.1, 0.15) is 24.4 Å². The molecule has 0 aliphatic carbocycles. The Morgan fingerprint density at radius 1 is 1.20 bits per heavy atom. The Balaban J connectivity index is 1.37. The number of ether oxygens (including phenoxy) is 1. The minimum absolute atomic E-state index is 0.0266. The van der Waals surface area contributed by atoms with Crippen molar-refractivity contribution in [1.82, 2.24) is 10.3 Å². The second-order valence-electron chi connectivity index (χ2n) is 6.01. The van der Waals surface area contributed by atoms with Gasteiger partial charge in [-0.1, -0.05) is 18.2 Å². The molecule has 1 fully saturated rings. The highest BCUT2D eigenvalue weighted by atomic mass is 16.6. The van der Waals surface area contributed by atoms with E-state index in [2.05, 4.69) is 15.2 Å². The van der Waals surface area contributed by atoms with Gasteiger partial charge in [-0.3, -0.25) is 10.1 Å². The van der Waals surface area contributed by atoms with Crippen molar-refractivity contribution in [2.45, 2.75) is 18.9 Å². The molecule has 1 aromatic carbocycles. The molecule has 0 saturated carbocycles. The number of aromatic nitrogens is 1. The zero-order valence-electron chi connectivity index (χ0n) is 14.0. The van der Waals surface area contributed by atoms with E-state index >= 15 is 0 Å². The summed E-state index contributed by atoms with van der Waals surface area (Å²) < 4.78 is 5.68. The number of pyridine rings is 1. The van der Waals surface area contributed by atoms with Gasteiger partial charge in [-0.2, -0.15) is 0 Å². The summed E-state index contributed by atoms with van der Waals surface area (Å²) >= 11 is 0. The van der Waals surface area contributed by atoms with Gasteiger partial charge in [-0.15, -0.1) is 0 Å². The molecule has 1 saturated heterocycles. The van der Waals surface area contributed by atoms with E-state index in [1.807, 2.05) is 30.3 Å². The molecule has 25 heavy (non-hydrogen) atoms. The van der Waals surface area contributed by atoms with Crippen LogP contribution in [-0.2, 0) is 0 Å². The number of nitrogens with zero attached hydrogens (tertiary/aromatic N) is 3. The van der Waals surface area contributed by atoms with E-state index in [4.69, 9.17) is 4.74 Å². The molecule has 2 heterocycles. The van der Waals surface area contributed by atoms with Crippen LogP contribution in [0.25, 0.3) is 0 Å². The predicted molar refractivity (Wildman–Crippen MR) is 96.1 cm³/mol. The molecule has 1 aliphatic rings. The number of para-hydroxylation sites is 1. The van der Waals surface area contributed by atoms with Gasteiger partial charge in [0.2, 0.25) is 0 Å². The van der Waals surface area contributed by atoms with E-state index in [0.29, 0.717) is 12.6 Å². The maximum atomic E-state index is 10.7. The van der Waals surface area contributed by atoms with Gasteiger partial charge in [-0.25, -0.2) is 4.98 Å². The standard InChI is InChI=1S/C18H22N4O3/c23-22(24)16-6-7-18(20-14-16)21-11-8-15(9-12-21)19-10-13-25-17-4-2-1-3-5-17/h1-7,14-15,19H,8-13H2. The lowest BCUT2D eigenvalue weighted by molar-refractivity contribution is -0.385. The molecule has 0 radical (unpaired) electrons. The Morgan fingerprint density at radius 2 is 1.96 bits per heavy atom. The molecule has 0 unspecified atom stereocenters. The summed E-state index contributed by atoms with van der Waals surface area (Å²) in [6.45, 7) is 3.24. The van der Waals surface area contributed by atoms with E-state index in [0.717, 1.165) is 44.0 Å². The number of hydrogen-bond donors (Lipinski definition) is 1. The van der Waals surface area contributed by atoms with Crippen LogP contribution in [0, 0.1) is 10.1 Å². The number of piperidine rings is 1. The lowest BCUT2D eigenvalue weighted by Crippen LogP contribution is -2.43. The van der Waals surface area contributed by atoms with Gasteiger partial charge < -0.3 is 15.0 Å². The summed E-state index contributed by atoms with van der Waals surface area (Å²) in [5.74, 6) is 1.69. The number of anilines is 1. The van der Waals surface area contributed by atoms with Crippen molar-refractivity contribution < 1.29 is 9.66 Å². The number of rotatable bonds is 7. The molecule has 0 atom stereocenters. The highest BCUT2D eigenvalue weighted by Crippen LogP contribution is 2.20. The maximum absolute atomic E-state index is 10.7. The SMILES string of the molecule is O=[N+]([O-])c1ccc(N2CCC(NCCOc3ccccc3)CC2)nc1. The Labute approximate surface area is 146 Å². The second kappa shape index (κ2) is 8.43. The van der Waals surface area contributed by atoms with Gasteiger partial charge in [0.15, 0.2) is 0 Å². The van der Waals surface area contributed by atoms with Gasteiger partial charge in [0, 0.05) is 31.7 Å². The Kier molecular flexibility index (Phi) is 5.79. The van der Waals surface area contributed by atoms with E-state index in [-0.39, 0.29) is 5.69 Å². The molecular formula is C18H22N4O3. The van der Waals surface area contributed by atoms with E-state index in [9.17, 15) is 10.1 Å². The first-order chi connectivity index (χ1) is 12.2. The zero-order chi connectivity index (χ0) is 17.5. The van der Waals surface area contributed by atoms with Crippen molar-refractivity contribution >= 4 is 11.5 Å². The summed E-state index contributed by atoms with van der Waals surface area (Å²) in [7, 11) is 0. The van der Waals surface area contributed by atoms with Crippen LogP contribution in [-0.4, -0.2) is 42.2 Å². The lowest BCUT2D eigenvalue weighted by Gasteiger charge is -2.33. The molecule has 0 amide bonds. The molecule has 0 bridgehead atoms. The number of hydrogen-bond acceptors (Lipinski definition) is 6. The Morgan fingerprint density at radius 3 is 2.60 bits per heavy atom. The molecule has 1 aromatic heterocycles. The molecule has 2 aromatic rings. The third-order valence-corrected chi connectivity index (χ3v) is 4.31. The van der Waals surface area contributed by atoms with E-state index < -0.39 is 4.92 Å². The number of nitro groups is 1. The summed E-state index contributed by atoms with van der Waals surface area (Å²) in [6.07, 6.45) is 3.36. The zero-order valence-corrected chi connectivity index (χ0v) is 14.0. The van der Waals surface area contributed by atoms with Crippen LogP contribution in [0.4, 0.5) is 11.5 Å². The summed E-state index contributed by atoms with van der Waals surface area (Å²) in [5, 5.41) is 14.2. The minimum atomic E-state index is -0.426. The average Bonchev–Trinajstić information content (AvgIpc) is 2.67. The molecule has 3 rings (SSSR count). The first kappa shape index (κ1) is 17.2. The quantitative estimate of drug-likeness (QED) is 0.473. The first-order valence-electron chi connectivity index (χ1n) is 8.49. The molecule has 1 N–H and O–H groups in total. The van der Waals surface area contributed by atoms with Crippen LogP contribution in [0.15, 0.2) is 48.7 Å². The van der Waals surface area contributed by atoms with Gasteiger partial charge in [-0.05, 0) is 31.0 Å². The van der Waals surface area contributed by atoms with Crippen molar-refractivity contribution in [1.29, 1.82) is 0 Å². The molecule has 1 aliphatic heterocycles.